The van der Waals surface area contributed by atoms with Gasteiger partial charge < -0.3 is 0 Å². The zero-order valence-electron chi connectivity index (χ0n) is 21.4. The molecule has 0 unspecified atom stereocenters. The normalized spacial score (nSPS) is 11.3. The summed E-state index contributed by atoms with van der Waals surface area (Å²) in [5, 5.41) is 0. The maximum Gasteiger partial charge on any atom is 0.256 e. The van der Waals surface area contributed by atoms with Crippen molar-refractivity contribution in [2.24, 2.45) is 0 Å². The average Bonchev–Trinajstić information content (AvgIpc) is 3.20. The molecule has 32 heavy (non-hydrogen) atoms. The molecule has 2 nitrogen and oxygen atoms in total. The van der Waals surface area contributed by atoms with Crippen LogP contribution in [-0.4, -0.2) is 4.57 Å². The lowest BCUT2D eigenvalue weighted by Gasteiger charge is -2.06. The summed E-state index contributed by atoms with van der Waals surface area (Å²) in [6.07, 6.45) is 27.9. The zero-order valence-corrected chi connectivity index (χ0v) is 21.4. The van der Waals surface area contributed by atoms with Gasteiger partial charge in [-0.05, 0) is 31.2 Å². The van der Waals surface area contributed by atoms with Crippen LogP contribution < -0.4 is 4.57 Å². The quantitative estimate of drug-likeness (QED) is 0.144. The molecule has 0 aliphatic rings. The number of nitrogens with zero attached hydrogens (tertiary/aromatic N) is 2. The van der Waals surface area contributed by atoms with E-state index in [1.165, 1.54) is 121 Å². The SMILES string of the molecule is CCCCCCCCCCCCCCc1n(CCCC)cc[n+]1CCCc1ccccc1. The second kappa shape index (κ2) is 17.9. The third-order valence-electron chi connectivity index (χ3n) is 6.80. The van der Waals surface area contributed by atoms with Crippen molar-refractivity contribution in [3.8, 4) is 0 Å². The van der Waals surface area contributed by atoms with Gasteiger partial charge in [0.05, 0.1) is 13.1 Å². The van der Waals surface area contributed by atoms with Crippen molar-refractivity contribution in [1.82, 2.24) is 4.57 Å². The minimum Gasteiger partial charge on any atom is -0.234 e. The number of rotatable bonds is 20. The molecule has 1 aromatic carbocycles. The number of benzene rings is 1. The van der Waals surface area contributed by atoms with Crippen LogP contribution in [0, 0.1) is 0 Å². The van der Waals surface area contributed by atoms with Gasteiger partial charge in [0, 0.05) is 6.42 Å². The zero-order chi connectivity index (χ0) is 22.7. The highest BCUT2D eigenvalue weighted by Gasteiger charge is 2.16. The topological polar surface area (TPSA) is 8.81 Å². The Kier molecular flexibility index (Phi) is 14.9. The van der Waals surface area contributed by atoms with Crippen LogP contribution in [0.15, 0.2) is 42.7 Å². The third-order valence-corrected chi connectivity index (χ3v) is 6.80. The minimum absolute atomic E-state index is 1.14. The fourth-order valence-electron chi connectivity index (χ4n) is 4.74. The van der Waals surface area contributed by atoms with E-state index in [0.29, 0.717) is 0 Å². The van der Waals surface area contributed by atoms with Gasteiger partial charge in [-0.2, -0.15) is 0 Å². The average molecular weight is 440 g/mol. The van der Waals surface area contributed by atoms with E-state index in [1.807, 2.05) is 0 Å². The van der Waals surface area contributed by atoms with Crippen molar-refractivity contribution in [1.29, 1.82) is 0 Å². The van der Waals surface area contributed by atoms with E-state index < -0.39 is 0 Å². The van der Waals surface area contributed by atoms with Gasteiger partial charge in [-0.1, -0.05) is 121 Å². The molecule has 0 N–H and O–H groups in total. The number of hydrogen-bond donors (Lipinski definition) is 0. The van der Waals surface area contributed by atoms with Gasteiger partial charge in [-0.15, -0.1) is 0 Å². The van der Waals surface area contributed by atoms with Gasteiger partial charge in [-0.3, -0.25) is 0 Å². The lowest BCUT2D eigenvalue weighted by atomic mass is 10.0. The van der Waals surface area contributed by atoms with Gasteiger partial charge >= 0.3 is 0 Å². The summed E-state index contributed by atoms with van der Waals surface area (Å²) in [6, 6.07) is 10.9. The van der Waals surface area contributed by atoms with Crippen molar-refractivity contribution < 1.29 is 4.57 Å². The maximum atomic E-state index is 2.54. The molecular formula is C30H51N2+. The van der Waals surface area contributed by atoms with Gasteiger partial charge in [0.1, 0.15) is 12.4 Å². The van der Waals surface area contributed by atoms with Gasteiger partial charge in [-0.25, -0.2) is 9.13 Å². The second-order valence-corrected chi connectivity index (χ2v) is 9.68. The fourth-order valence-corrected chi connectivity index (χ4v) is 4.74. The molecule has 0 saturated carbocycles. The Hall–Kier alpha value is -1.57. The first-order chi connectivity index (χ1) is 15.8. The predicted octanol–water partition coefficient (Wildman–Crippen LogP) is 8.45. The molecule has 0 bridgehead atoms. The lowest BCUT2D eigenvalue weighted by molar-refractivity contribution is -0.704. The van der Waals surface area contributed by atoms with E-state index in [1.54, 1.807) is 5.82 Å². The summed E-state index contributed by atoms with van der Waals surface area (Å²) in [6.45, 7) is 6.91. The van der Waals surface area contributed by atoms with Gasteiger partial charge in [0.25, 0.3) is 5.82 Å². The Morgan fingerprint density at radius 3 is 1.84 bits per heavy atom. The molecular weight excluding hydrogens is 388 g/mol. The summed E-state index contributed by atoms with van der Waals surface area (Å²) >= 11 is 0. The number of imidazole rings is 1. The standard InChI is InChI=1S/C30H51N2/c1-3-5-7-8-9-10-11-12-13-14-15-19-24-30-31(25-6-4-2)27-28-32(30)26-20-23-29-21-17-16-18-22-29/h16-18,21-22,27-28H,3-15,19-20,23-26H2,1-2H3/q+1. The van der Waals surface area contributed by atoms with Gasteiger partial charge in [0.2, 0.25) is 0 Å². The van der Waals surface area contributed by atoms with Crippen molar-refractivity contribution in [2.75, 3.05) is 0 Å². The predicted molar refractivity (Wildman–Crippen MR) is 139 cm³/mol. The lowest BCUT2D eigenvalue weighted by Crippen LogP contribution is -2.37. The van der Waals surface area contributed by atoms with Crippen molar-refractivity contribution in [3.63, 3.8) is 0 Å². The Labute approximate surface area is 199 Å². The molecule has 0 saturated heterocycles. The summed E-state index contributed by atoms with van der Waals surface area (Å²) < 4.78 is 5.07. The Morgan fingerprint density at radius 1 is 0.625 bits per heavy atom. The summed E-state index contributed by atoms with van der Waals surface area (Å²) in [7, 11) is 0. The van der Waals surface area contributed by atoms with Crippen LogP contribution in [0.5, 0.6) is 0 Å². The van der Waals surface area contributed by atoms with E-state index in [4.69, 9.17) is 0 Å². The molecule has 2 rings (SSSR count). The fraction of sp³-hybridized carbons (Fsp3) is 0.700. The largest absolute Gasteiger partial charge is 0.256 e. The molecule has 0 spiro atoms. The van der Waals surface area contributed by atoms with Crippen LogP contribution in [-0.2, 0) is 25.9 Å². The number of hydrogen-bond acceptors (Lipinski definition) is 0. The summed E-state index contributed by atoms with van der Waals surface area (Å²) in [4.78, 5) is 0. The summed E-state index contributed by atoms with van der Waals surface area (Å²) in [5.41, 5.74) is 1.46. The van der Waals surface area contributed by atoms with E-state index >= 15 is 0 Å². The van der Waals surface area contributed by atoms with E-state index in [2.05, 4.69) is 65.7 Å². The first-order valence-corrected chi connectivity index (χ1v) is 14.0. The second-order valence-electron chi connectivity index (χ2n) is 9.68. The monoisotopic (exact) mass is 439 g/mol. The van der Waals surface area contributed by atoms with Crippen LogP contribution in [0.3, 0.4) is 0 Å². The number of aryl methyl sites for hydroxylation is 3. The van der Waals surface area contributed by atoms with E-state index in [0.717, 1.165) is 6.54 Å². The van der Waals surface area contributed by atoms with Crippen LogP contribution >= 0.6 is 0 Å². The van der Waals surface area contributed by atoms with Crippen LogP contribution in [0.1, 0.15) is 122 Å². The molecule has 0 amide bonds. The Morgan fingerprint density at radius 2 is 1.22 bits per heavy atom. The highest BCUT2D eigenvalue weighted by atomic mass is 15.1. The molecule has 0 fully saturated rings. The number of aromatic nitrogens is 2. The van der Waals surface area contributed by atoms with Crippen molar-refractivity contribution in [3.05, 3.63) is 54.1 Å². The highest BCUT2D eigenvalue weighted by molar-refractivity contribution is 5.14. The molecule has 2 heteroatoms. The molecule has 1 aromatic heterocycles. The van der Waals surface area contributed by atoms with Crippen LogP contribution in [0.4, 0.5) is 0 Å². The van der Waals surface area contributed by atoms with E-state index in [9.17, 15) is 0 Å². The van der Waals surface area contributed by atoms with E-state index in [-0.39, 0.29) is 0 Å². The minimum atomic E-state index is 1.14. The van der Waals surface area contributed by atoms with Gasteiger partial charge in [0.15, 0.2) is 0 Å². The van der Waals surface area contributed by atoms with Crippen LogP contribution in [0.25, 0.3) is 0 Å². The van der Waals surface area contributed by atoms with Crippen molar-refractivity contribution >= 4 is 0 Å². The molecule has 0 atom stereocenters. The molecule has 0 aliphatic heterocycles. The number of unbranched alkanes of at least 4 members (excludes halogenated alkanes) is 12. The summed E-state index contributed by atoms with van der Waals surface area (Å²) in [5.74, 6) is 1.55. The first-order valence-electron chi connectivity index (χ1n) is 14.0. The highest BCUT2D eigenvalue weighted by Crippen LogP contribution is 2.13. The molecule has 0 radical (unpaired) electrons. The molecule has 0 aliphatic carbocycles. The third kappa shape index (κ3) is 11.3. The van der Waals surface area contributed by atoms with Crippen molar-refractivity contribution in [2.45, 2.75) is 136 Å². The molecule has 180 valence electrons. The maximum absolute atomic E-state index is 2.54. The Bertz CT molecular complexity index is 673. The molecule has 1 heterocycles. The smallest absolute Gasteiger partial charge is 0.234 e. The molecule has 2 aromatic rings. The Balaban J connectivity index is 1.64. The van der Waals surface area contributed by atoms with Crippen LogP contribution in [0.2, 0.25) is 0 Å². The first kappa shape index (κ1) is 26.7.